The highest BCUT2D eigenvalue weighted by Gasteiger charge is 2.19. The van der Waals surface area contributed by atoms with Crippen molar-refractivity contribution in [3.05, 3.63) is 0 Å². The molecule has 6 nitrogen and oxygen atoms in total. The summed E-state index contributed by atoms with van der Waals surface area (Å²) in [5, 5.41) is 0. The van der Waals surface area contributed by atoms with Gasteiger partial charge in [0.05, 0.1) is 0 Å². The first-order chi connectivity index (χ1) is 33.8. The second-order valence-electron chi connectivity index (χ2n) is 22.4. The van der Waals surface area contributed by atoms with Crippen LogP contribution in [-0.4, -0.2) is 37.2 Å². The van der Waals surface area contributed by atoms with E-state index in [1.807, 2.05) is 0 Å². The Morgan fingerprint density at radius 1 is 0.304 bits per heavy atom. The smallest absolute Gasteiger partial charge is 0.306 e. The zero-order valence-electron chi connectivity index (χ0n) is 47.5. The fourth-order valence-corrected chi connectivity index (χ4v) is 9.73. The highest BCUT2D eigenvalue weighted by atomic mass is 16.6. The normalized spacial score (nSPS) is 12.4. The van der Waals surface area contributed by atoms with E-state index in [0.29, 0.717) is 19.3 Å². The fourth-order valence-electron chi connectivity index (χ4n) is 9.73. The summed E-state index contributed by atoms with van der Waals surface area (Å²) in [5.74, 6) is 0.869. The molecule has 0 aliphatic rings. The lowest BCUT2D eigenvalue weighted by atomic mass is 9.99. The zero-order chi connectivity index (χ0) is 50.4. The van der Waals surface area contributed by atoms with Crippen LogP contribution in [-0.2, 0) is 28.6 Å². The molecule has 0 aromatic carbocycles. The minimum Gasteiger partial charge on any atom is -0.462 e. The molecule has 0 spiro atoms. The van der Waals surface area contributed by atoms with Crippen molar-refractivity contribution in [2.45, 2.75) is 362 Å². The summed E-state index contributed by atoms with van der Waals surface area (Å²) in [4.78, 5) is 38.2. The maximum Gasteiger partial charge on any atom is 0.306 e. The maximum absolute atomic E-state index is 12.9. The molecule has 2 atom stereocenters. The number of ether oxygens (including phenoxy) is 3. The molecule has 0 radical (unpaired) electrons. The predicted octanol–water partition coefficient (Wildman–Crippen LogP) is 20.8. The van der Waals surface area contributed by atoms with E-state index in [4.69, 9.17) is 14.2 Å². The summed E-state index contributed by atoms with van der Waals surface area (Å²) in [6, 6.07) is 0. The van der Waals surface area contributed by atoms with Crippen LogP contribution in [0.3, 0.4) is 0 Å². The zero-order valence-corrected chi connectivity index (χ0v) is 47.5. The van der Waals surface area contributed by atoms with Crippen LogP contribution in [0.2, 0.25) is 0 Å². The van der Waals surface area contributed by atoms with Crippen molar-refractivity contribution in [3.63, 3.8) is 0 Å². The Morgan fingerprint density at radius 2 is 0.551 bits per heavy atom. The Morgan fingerprint density at radius 3 is 0.826 bits per heavy atom. The van der Waals surface area contributed by atoms with Crippen molar-refractivity contribution in [1.29, 1.82) is 0 Å². The summed E-state index contributed by atoms with van der Waals surface area (Å²) < 4.78 is 16.9. The lowest BCUT2D eigenvalue weighted by Gasteiger charge is -2.18. The Kier molecular flexibility index (Phi) is 54.4. The van der Waals surface area contributed by atoms with Gasteiger partial charge in [0.1, 0.15) is 13.2 Å². The molecular weight excluding hydrogens is 853 g/mol. The number of esters is 3. The van der Waals surface area contributed by atoms with Gasteiger partial charge in [0.15, 0.2) is 6.10 Å². The molecule has 0 heterocycles. The molecular formula is C63H122O6. The molecule has 0 saturated heterocycles. The third kappa shape index (κ3) is 55.6. The van der Waals surface area contributed by atoms with Crippen LogP contribution >= 0.6 is 0 Å². The molecule has 0 bridgehead atoms. The van der Waals surface area contributed by atoms with E-state index in [0.717, 1.165) is 69.6 Å². The number of hydrogen-bond acceptors (Lipinski definition) is 6. The fraction of sp³-hybridized carbons (Fsp3) is 0.952. The van der Waals surface area contributed by atoms with Crippen LogP contribution in [0.4, 0.5) is 0 Å². The average Bonchev–Trinajstić information content (AvgIpc) is 3.34. The van der Waals surface area contributed by atoms with Gasteiger partial charge in [-0.15, -0.1) is 0 Å². The Bertz CT molecular complexity index is 1060. The third-order valence-electron chi connectivity index (χ3n) is 14.8. The van der Waals surface area contributed by atoms with Gasteiger partial charge in [-0.2, -0.15) is 0 Å². The first-order valence-electron chi connectivity index (χ1n) is 31.3. The quantitative estimate of drug-likeness (QED) is 0.0343. The first-order valence-corrected chi connectivity index (χ1v) is 31.3. The van der Waals surface area contributed by atoms with Crippen molar-refractivity contribution in [2.75, 3.05) is 13.2 Å². The van der Waals surface area contributed by atoms with Gasteiger partial charge in [-0.3, -0.25) is 14.4 Å². The van der Waals surface area contributed by atoms with Crippen molar-refractivity contribution < 1.29 is 28.6 Å². The molecule has 0 N–H and O–H groups in total. The Balaban J connectivity index is 4.21. The monoisotopic (exact) mass is 975 g/mol. The molecule has 410 valence electrons. The van der Waals surface area contributed by atoms with Crippen molar-refractivity contribution in [2.24, 2.45) is 11.8 Å². The van der Waals surface area contributed by atoms with Crippen LogP contribution in [0, 0.1) is 11.8 Å². The summed E-state index contributed by atoms with van der Waals surface area (Å²) >= 11 is 0. The minimum atomic E-state index is -0.763. The van der Waals surface area contributed by atoms with Crippen molar-refractivity contribution in [3.8, 4) is 0 Å². The second kappa shape index (κ2) is 55.7. The molecule has 0 saturated carbocycles. The number of rotatable bonds is 57. The summed E-state index contributed by atoms with van der Waals surface area (Å²) in [6.07, 6.45) is 61.1. The van der Waals surface area contributed by atoms with Crippen molar-refractivity contribution in [1.82, 2.24) is 0 Å². The van der Waals surface area contributed by atoms with Gasteiger partial charge in [0.25, 0.3) is 0 Å². The summed E-state index contributed by atoms with van der Waals surface area (Å²) in [5.41, 5.74) is 0. The largest absolute Gasteiger partial charge is 0.462 e. The predicted molar refractivity (Wildman–Crippen MR) is 298 cm³/mol. The van der Waals surface area contributed by atoms with E-state index in [1.165, 1.54) is 244 Å². The molecule has 1 unspecified atom stereocenters. The van der Waals surface area contributed by atoms with Gasteiger partial charge in [-0.25, -0.2) is 0 Å². The van der Waals surface area contributed by atoms with Gasteiger partial charge in [0.2, 0.25) is 0 Å². The Labute approximate surface area is 431 Å². The topological polar surface area (TPSA) is 78.9 Å². The highest BCUT2D eigenvalue weighted by molar-refractivity contribution is 5.71. The van der Waals surface area contributed by atoms with Gasteiger partial charge in [-0.05, 0) is 31.1 Å². The Hall–Kier alpha value is -1.59. The van der Waals surface area contributed by atoms with Gasteiger partial charge in [0, 0.05) is 19.3 Å². The molecule has 0 aliphatic heterocycles. The van der Waals surface area contributed by atoms with Crippen LogP contribution in [0.1, 0.15) is 356 Å². The van der Waals surface area contributed by atoms with Crippen LogP contribution in [0.25, 0.3) is 0 Å². The lowest BCUT2D eigenvalue weighted by molar-refractivity contribution is -0.167. The van der Waals surface area contributed by atoms with E-state index >= 15 is 0 Å². The molecule has 0 aromatic heterocycles. The van der Waals surface area contributed by atoms with Crippen LogP contribution in [0.15, 0.2) is 0 Å². The molecule has 0 aromatic rings. The van der Waals surface area contributed by atoms with Crippen molar-refractivity contribution >= 4 is 17.9 Å². The maximum atomic E-state index is 12.9. The van der Waals surface area contributed by atoms with Gasteiger partial charge in [-0.1, -0.05) is 317 Å². The molecule has 69 heavy (non-hydrogen) atoms. The van der Waals surface area contributed by atoms with Crippen LogP contribution in [0.5, 0.6) is 0 Å². The first kappa shape index (κ1) is 67.4. The standard InChI is InChI=1S/C63H122O6/c1-6-8-9-10-11-12-13-14-15-16-20-24-27-30-33-40-45-50-55-63(66)69-60(57-68-62(65)54-49-44-39-35-34-36-41-46-51-58(3)4)56-67-61(64)53-48-43-38-32-29-26-23-21-18-17-19-22-25-28-31-37-42-47-52-59(5)7-2/h58-60H,6-57H2,1-5H3/t59?,60-/m0/s1. The highest BCUT2D eigenvalue weighted by Crippen LogP contribution is 2.19. The number of unbranched alkanes of at least 4 members (excludes halogenated alkanes) is 41. The summed E-state index contributed by atoms with van der Waals surface area (Å²) in [7, 11) is 0. The van der Waals surface area contributed by atoms with E-state index in [9.17, 15) is 14.4 Å². The lowest BCUT2D eigenvalue weighted by Crippen LogP contribution is -2.30. The van der Waals surface area contributed by atoms with E-state index in [1.54, 1.807) is 0 Å². The SMILES string of the molecule is CCCCCCCCCCCCCCCCCCCCC(=O)O[C@@H](COC(=O)CCCCCCCCCCCCCCCCCCCCC(C)CC)COC(=O)CCCCCCCCCCC(C)C. The molecule has 0 aliphatic carbocycles. The van der Waals surface area contributed by atoms with Gasteiger partial charge >= 0.3 is 17.9 Å². The number of carbonyl (C=O) groups is 3. The number of hydrogen-bond donors (Lipinski definition) is 0. The van der Waals surface area contributed by atoms with E-state index in [-0.39, 0.29) is 31.1 Å². The summed E-state index contributed by atoms with van der Waals surface area (Å²) in [6.45, 7) is 11.4. The molecule has 0 rings (SSSR count). The number of carbonyl (C=O) groups excluding carboxylic acids is 3. The minimum absolute atomic E-state index is 0.0626. The third-order valence-corrected chi connectivity index (χ3v) is 14.8. The molecule has 6 heteroatoms. The molecule has 0 fully saturated rings. The second-order valence-corrected chi connectivity index (χ2v) is 22.4. The average molecular weight is 976 g/mol. The van der Waals surface area contributed by atoms with E-state index in [2.05, 4.69) is 34.6 Å². The van der Waals surface area contributed by atoms with Crippen LogP contribution < -0.4 is 0 Å². The van der Waals surface area contributed by atoms with E-state index < -0.39 is 6.10 Å². The van der Waals surface area contributed by atoms with Gasteiger partial charge < -0.3 is 14.2 Å². The molecule has 0 amide bonds.